The minimum atomic E-state index is 0.594. The summed E-state index contributed by atoms with van der Waals surface area (Å²) in [6, 6.07) is 0.594. The number of nitrogens with one attached hydrogen (secondary N) is 1. The third kappa shape index (κ3) is 3.74. The molecule has 1 rings (SSSR count). The van der Waals surface area contributed by atoms with Crippen LogP contribution in [0.15, 0.2) is 0 Å². The highest BCUT2D eigenvalue weighted by Crippen LogP contribution is 2.21. The van der Waals surface area contributed by atoms with Gasteiger partial charge in [0.05, 0.1) is 6.61 Å². The van der Waals surface area contributed by atoms with Crippen molar-refractivity contribution in [1.29, 1.82) is 0 Å². The van der Waals surface area contributed by atoms with Crippen molar-refractivity contribution in [3.63, 3.8) is 0 Å². The third-order valence-electron chi connectivity index (χ3n) is 3.39. The Balaban J connectivity index is 2.41. The van der Waals surface area contributed by atoms with Crippen LogP contribution in [-0.2, 0) is 4.74 Å². The summed E-state index contributed by atoms with van der Waals surface area (Å²) in [5, 5.41) is 3.27. The molecule has 0 aromatic rings. The van der Waals surface area contributed by atoms with E-state index >= 15 is 0 Å². The van der Waals surface area contributed by atoms with E-state index in [1.54, 1.807) is 7.11 Å². The summed E-state index contributed by atoms with van der Waals surface area (Å²) in [6.07, 6.45) is 1.33. The smallest absolute Gasteiger partial charge is 0.0620 e. The number of likely N-dealkylation sites (tertiary alicyclic amines) is 1. The molecule has 1 fully saturated rings. The molecule has 0 spiro atoms. The molecule has 0 aromatic carbocycles. The van der Waals surface area contributed by atoms with Crippen molar-refractivity contribution in [3.05, 3.63) is 0 Å². The number of methoxy groups -OCH3 is 1. The molecule has 1 N–H and O–H groups in total. The molecule has 0 bridgehead atoms. The number of ether oxygens (including phenoxy) is 1. The van der Waals surface area contributed by atoms with Crippen molar-refractivity contribution in [1.82, 2.24) is 10.2 Å². The highest BCUT2D eigenvalue weighted by Gasteiger charge is 2.29. The molecule has 1 heterocycles. The van der Waals surface area contributed by atoms with Crippen LogP contribution in [-0.4, -0.2) is 51.3 Å². The van der Waals surface area contributed by atoms with Crippen molar-refractivity contribution < 1.29 is 4.74 Å². The minimum Gasteiger partial charge on any atom is -0.383 e. The lowest BCUT2D eigenvalue weighted by Gasteiger charge is -2.30. The molecule has 0 saturated carbocycles. The number of hydrogen-bond acceptors (Lipinski definition) is 3. The second-order valence-electron chi connectivity index (χ2n) is 4.97. The normalized spacial score (nSPS) is 25.0. The highest BCUT2D eigenvalue weighted by molar-refractivity contribution is 4.83. The van der Waals surface area contributed by atoms with Gasteiger partial charge in [-0.05, 0) is 38.4 Å². The summed E-state index contributed by atoms with van der Waals surface area (Å²) in [5.74, 6) is 1.51. The molecule has 1 aliphatic rings. The largest absolute Gasteiger partial charge is 0.383 e. The van der Waals surface area contributed by atoms with Gasteiger partial charge in [-0.3, -0.25) is 4.90 Å². The fourth-order valence-corrected chi connectivity index (χ4v) is 2.51. The second-order valence-corrected chi connectivity index (χ2v) is 4.97. The molecular weight excluding hydrogens is 188 g/mol. The molecular formula is C12H26N2O. The van der Waals surface area contributed by atoms with Gasteiger partial charge in [0.1, 0.15) is 0 Å². The van der Waals surface area contributed by atoms with Gasteiger partial charge < -0.3 is 10.1 Å². The zero-order valence-electron chi connectivity index (χ0n) is 10.6. The molecule has 2 atom stereocenters. The maximum atomic E-state index is 5.32. The minimum absolute atomic E-state index is 0.594. The van der Waals surface area contributed by atoms with Crippen LogP contribution in [0.4, 0.5) is 0 Å². The Labute approximate surface area is 94.2 Å². The predicted molar refractivity (Wildman–Crippen MR) is 64.1 cm³/mol. The number of hydrogen-bond donors (Lipinski definition) is 1. The summed E-state index contributed by atoms with van der Waals surface area (Å²) in [6.45, 7) is 9.05. The fourth-order valence-electron chi connectivity index (χ4n) is 2.51. The van der Waals surface area contributed by atoms with E-state index in [4.69, 9.17) is 4.74 Å². The maximum Gasteiger partial charge on any atom is 0.0620 e. The molecule has 15 heavy (non-hydrogen) atoms. The Morgan fingerprint density at radius 2 is 2.20 bits per heavy atom. The molecule has 0 aliphatic carbocycles. The summed E-state index contributed by atoms with van der Waals surface area (Å²) in [4.78, 5) is 2.59. The molecule has 1 saturated heterocycles. The van der Waals surface area contributed by atoms with Crippen molar-refractivity contribution >= 4 is 0 Å². The van der Waals surface area contributed by atoms with E-state index in [1.165, 1.54) is 19.5 Å². The predicted octanol–water partition coefficient (Wildman–Crippen LogP) is 1.20. The molecule has 3 heteroatoms. The van der Waals surface area contributed by atoms with E-state index in [0.29, 0.717) is 12.0 Å². The lowest BCUT2D eigenvalue weighted by molar-refractivity contribution is 0.0769. The van der Waals surface area contributed by atoms with Gasteiger partial charge in [0.15, 0.2) is 0 Å². The van der Waals surface area contributed by atoms with E-state index in [9.17, 15) is 0 Å². The molecule has 0 radical (unpaired) electrons. The van der Waals surface area contributed by atoms with Gasteiger partial charge in [0.2, 0.25) is 0 Å². The number of nitrogens with zero attached hydrogens (tertiary/aromatic N) is 1. The van der Waals surface area contributed by atoms with Gasteiger partial charge in [0, 0.05) is 19.7 Å². The summed E-state index contributed by atoms with van der Waals surface area (Å²) in [7, 11) is 3.84. The quantitative estimate of drug-likeness (QED) is 0.719. The lowest BCUT2D eigenvalue weighted by Crippen LogP contribution is -2.41. The van der Waals surface area contributed by atoms with Gasteiger partial charge in [-0.1, -0.05) is 13.8 Å². The summed E-state index contributed by atoms with van der Waals surface area (Å²) >= 11 is 0. The topological polar surface area (TPSA) is 24.5 Å². The summed E-state index contributed by atoms with van der Waals surface area (Å²) < 4.78 is 5.32. The Hall–Kier alpha value is -0.120. The van der Waals surface area contributed by atoms with Crippen LogP contribution >= 0.6 is 0 Å². The first kappa shape index (κ1) is 12.9. The van der Waals surface area contributed by atoms with Crippen LogP contribution in [0.1, 0.15) is 20.3 Å². The molecule has 90 valence electrons. The van der Waals surface area contributed by atoms with Crippen molar-refractivity contribution in [3.8, 4) is 0 Å². The molecule has 2 unspecified atom stereocenters. The first-order valence-corrected chi connectivity index (χ1v) is 6.06. The zero-order valence-corrected chi connectivity index (χ0v) is 10.6. The first-order valence-electron chi connectivity index (χ1n) is 6.06. The zero-order chi connectivity index (χ0) is 11.3. The highest BCUT2D eigenvalue weighted by atomic mass is 16.5. The van der Waals surface area contributed by atoms with Crippen molar-refractivity contribution in [2.75, 3.05) is 40.4 Å². The van der Waals surface area contributed by atoms with Gasteiger partial charge >= 0.3 is 0 Å². The van der Waals surface area contributed by atoms with Gasteiger partial charge in [-0.15, -0.1) is 0 Å². The Bertz CT molecular complexity index is 173. The third-order valence-corrected chi connectivity index (χ3v) is 3.39. The van der Waals surface area contributed by atoms with Crippen LogP contribution in [0, 0.1) is 11.8 Å². The molecule has 0 amide bonds. The monoisotopic (exact) mass is 214 g/mol. The fraction of sp³-hybridized carbons (Fsp3) is 1.00. The average Bonchev–Trinajstić information content (AvgIpc) is 2.62. The van der Waals surface area contributed by atoms with E-state index < -0.39 is 0 Å². The SMILES string of the molecule is CNCC1CCN(C(COC)C(C)C)C1. The Morgan fingerprint density at radius 1 is 1.47 bits per heavy atom. The molecule has 1 aliphatic heterocycles. The maximum absolute atomic E-state index is 5.32. The van der Waals surface area contributed by atoms with Gasteiger partial charge in [-0.25, -0.2) is 0 Å². The van der Waals surface area contributed by atoms with Gasteiger partial charge in [-0.2, -0.15) is 0 Å². The van der Waals surface area contributed by atoms with Crippen LogP contribution in [0.2, 0.25) is 0 Å². The standard InChI is InChI=1S/C12H26N2O/c1-10(2)12(9-15-4)14-6-5-11(8-14)7-13-3/h10-13H,5-9H2,1-4H3. The molecule has 3 nitrogen and oxygen atoms in total. The summed E-state index contributed by atoms with van der Waals surface area (Å²) in [5.41, 5.74) is 0. The van der Waals surface area contributed by atoms with E-state index in [1.807, 2.05) is 7.05 Å². The number of rotatable bonds is 6. The van der Waals surface area contributed by atoms with Crippen molar-refractivity contribution in [2.45, 2.75) is 26.3 Å². The van der Waals surface area contributed by atoms with E-state index in [2.05, 4.69) is 24.1 Å². The Morgan fingerprint density at radius 3 is 2.73 bits per heavy atom. The van der Waals surface area contributed by atoms with Crippen LogP contribution in [0.5, 0.6) is 0 Å². The van der Waals surface area contributed by atoms with E-state index in [0.717, 1.165) is 19.1 Å². The van der Waals surface area contributed by atoms with E-state index in [-0.39, 0.29) is 0 Å². The molecule has 0 aromatic heterocycles. The van der Waals surface area contributed by atoms with Crippen LogP contribution in [0.3, 0.4) is 0 Å². The van der Waals surface area contributed by atoms with Crippen LogP contribution < -0.4 is 5.32 Å². The van der Waals surface area contributed by atoms with Crippen LogP contribution in [0.25, 0.3) is 0 Å². The lowest BCUT2D eigenvalue weighted by atomic mass is 10.0. The van der Waals surface area contributed by atoms with Crippen molar-refractivity contribution in [2.24, 2.45) is 11.8 Å². The van der Waals surface area contributed by atoms with Gasteiger partial charge in [0.25, 0.3) is 0 Å². The average molecular weight is 214 g/mol. The second kappa shape index (κ2) is 6.46. The Kier molecular flexibility index (Phi) is 5.58. The first-order chi connectivity index (χ1) is 7.19.